The van der Waals surface area contributed by atoms with E-state index in [2.05, 4.69) is 60.5 Å². The molecule has 0 spiro atoms. The molecule has 2 aromatic heterocycles. The highest BCUT2D eigenvalue weighted by Crippen LogP contribution is 2.27. The van der Waals surface area contributed by atoms with Crippen LogP contribution >= 0.6 is 28.3 Å². The summed E-state index contributed by atoms with van der Waals surface area (Å²) in [5, 5.41) is 3.47. The monoisotopic (exact) mass is 455 g/mol. The molecule has 5 nitrogen and oxygen atoms in total. The summed E-state index contributed by atoms with van der Waals surface area (Å²) in [4.78, 5) is 17.3. The highest BCUT2D eigenvalue weighted by Gasteiger charge is 2.19. The maximum absolute atomic E-state index is 4.73. The van der Waals surface area contributed by atoms with Crippen molar-refractivity contribution in [3.8, 4) is 22.5 Å². The molecule has 1 aliphatic heterocycles. The Hall–Kier alpha value is -2.28. The number of hydrogen-bond acceptors (Lipinski definition) is 4. The number of fused-ring (bicyclic) bond motifs is 1. The minimum absolute atomic E-state index is 0. The summed E-state index contributed by atoms with van der Waals surface area (Å²) in [6, 6.07) is 14.7. The largest absolute Gasteiger partial charge is 0.341 e. The Kier molecular flexibility index (Phi) is 5.44. The van der Waals surface area contributed by atoms with Crippen LogP contribution in [0.5, 0.6) is 0 Å². The number of nitrogens with one attached hydrogen (secondary N) is 2. The van der Waals surface area contributed by atoms with Gasteiger partial charge in [0.05, 0.1) is 40.9 Å². The van der Waals surface area contributed by atoms with E-state index in [1.807, 2.05) is 30.6 Å². The van der Waals surface area contributed by atoms with Crippen molar-refractivity contribution in [2.45, 2.75) is 18.9 Å². The third-order valence-electron chi connectivity index (χ3n) is 4.98. The van der Waals surface area contributed by atoms with Crippen molar-refractivity contribution < 1.29 is 0 Å². The molecule has 142 valence electrons. The molecule has 1 fully saturated rings. The molecule has 0 bridgehead atoms. The van der Waals surface area contributed by atoms with Crippen LogP contribution < -0.4 is 5.32 Å². The van der Waals surface area contributed by atoms with Crippen molar-refractivity contribution in [1.82, 2.24) is 25.3 Å². The second-order valence-corrected chi connectivity index (χ2v) is 7.71. The van der Waals surface area contributed by atoms with Crippen LogP contribution in [0.2, 0.25) is 0 Å². The molecule has 0 radical (unpaired) electrons. The molecule has 2 N–H and O–H groups in total. The topological polar surface area (TPSA) is 66.5 Å². The van der Waals surface area contributed by atoms with E-state index in [0.717, 1.165) is 56.8 Å². The second kappa shape index (κ2) is 7.99. The first-order valence-electron chi connectivity index (χ1n) is 9.08. The van der Waals surface area contributed by atoms with E-state index in [1.54, 1.807) is 0 Å². The molecule has 1 aliphatic rings. The number of imidazole rings is 1. The Morgan fingerprint density at radius 2 is 1.75 bits per heavy atom. The number of halogens is 2. The second-order valence-electron chi connectivity index (χ2n) is 6.80. The first-order chi connectivity index (χ1) is 13.3. The van der Waals surface area contributed by atoms with Gasteiger partial charge >= 0.3 is 0 Å². The lowest BCUT2D eigenvalue weighted by Crippen LogP contribution is -2.14. The van der Waals surface area contributed by atoms with E-state index in [0.29, 0.717) is 6.04 Å². The standard InChI is InChI=1S/C21H18BrN5.ClH/c22-15-7-8-16-18(10-15)24-11-19(26-16)13-3-5-14(6-4-13)20-12-25-21(27-20)17-2-1-9-23-17;/h3-8,10-12,17,23H,1-2,9H2,(H,25,27);1H/t17-;/m0./s1. The summed E-state index contributed by atoms with van der Waals surface area (Å²) < 4.78 is 1.01. The zero-order valence-corrected chi connectivity index (χ0v) is 17.4. The summed E-state index contributed by atoms with van der Waals surface area (Å²) in [5.41, 5.74) is 5.86. The van der Waals surface area contributed by atoms with Crippen LogP contribution in [-0.4, -0.2) is 26.5 Å². The molecule has 4 aromatic rings. The number of rotatable bonds is 3. The van der Waals surface area contributed by atoms with Gasteiger partial charge in [0.2, 0.25) is 0 Å². The lowest BCUT2D eigenvalue weighted by molar-refractivity contribution is 0.613. The van der Waals surface area contributed by atoms with Crippen molar-refractivity contribution in [2.24, 2.45) is 0 Å². The van der Waals surface area contributed by atoms with Gasteiger partial charge in [0, 0.05) is 10.0 Å². The van der Waals surface area contributed by atoms with Crippen molar-refractivity contribution in [3.05, 3.63) is 65.2 Å². The molecule has 0 unspecified atom stereocenters. The number of benzene rings is 2. The lowest BCUT2D eigenvalue weighted by Gasteiger charge is -2.06. The van der Waals surface area contributed by atoms with Crippen LogP contribution in [0.25, 0.3) is 33.5 Å². The first kappa shape index (κ1) is 19.1. The summed E-state index contributed by atoms with van der Waals surface area (Å²) in [7, 11) is 0. The summed E-state index contributed by atoms with van der Waals surface area (Å²) in [5.74, 6) is 1.03. The number of hydrogen-bond donors (Lipinski definition) is 2. The third-order valence-corrected chi connectivity index (χ3v) is 5.48. The Labute approximate surface area is 177 Å². The van der Waals surface area contributed by atoms with Gasteiger partial charge in [-0.05, 0) is 43.1 Å². The van der Waals surface area contributed by atoms with E-state index in [4.69, 9.17) is 4.98 Å². The number of aromatic nitrogens is 4. The Morgan fingerprint density at radius 3 is 2.54 bits per heavy atom. The maximum atomic E-state index is 4.73. The fourth-order valence-corrected chi connectivity index (χ4v) is 3.87. The zero-order valence-electron chi connectivity index (χ0n) is 15.0. The smallest absolute Gasteiger partial charge is 0.123 e. The van der Waals surface area contributed by atoms with Crippen LogP contribution in [-0.2, 0) is 0 Å². The SMILES string of the molecule is Brc1ccc2nc(-c3ccc(-c4cnc([C@@H]5CCCN5)[nH]4)cc3)cnc2c1.Cl. The fourth-order valence-electron chi connectivity index (χ4n) is 3.52. The van der Waals surface area contributed by atoms with Gasteiger partial charge in [-0.25, -0.2) is 9.97 Å². The van der Waals surface area contributed by atoms with E-state index >= 15 is 0 Å². The van der Waals surface area contributed by atoms with E-state index in [-0.39, 0.29) is 12.4 Å². The lowest BCUT2D eigenvalue weighted by atomic mass is 10.1. The van der Waals surface area contributed by atoms with Gasteiger partial charge in [-0.2, -0.15) is 0 Å². The van der Waals surface area contributed by atoms with Gasteiger partial charge in [0.15, 0.2) is 0 Å². The molecular formula is C21H19BrClN5. The third kappa shape index (κ3) is 3.68. The highest BCUT2D eigenvalue weighted by atomic mass is 79.9. The molecule has 1 atom stereocenters. The van der Waals surface area contributed by atoms with Crippen LogP contribution in [0.3, 0.4) is 0 Å². The quantitative estimate of drug-likeness (QED) is 0.439. The van der Waals surface area contributed by atoms with Crippen LogP contribution in [0.4, 0.5) is 0 Å². The number of H-pyrrole nitrogens is 1. The number of nitrogens with zero attached hydrogens (tertiary/aromatic N) is 3. The molecule has 3 heterocycles. The minimum Gasteiger partial charge on any atom is -0.341 e. The number of aromatic amines is 1. The molecule has 0 amide bonds. The average molecular weight is 457 g/mol. The molecule has 2 aromatic carbocycles. The Balaban J connectivity index is 0.00000192. The zero-order chi connectivity index (χ0) is 18.2. The van der Waals surface area contributed by atoms with Crippen LogP contribution in [0, 0.1) is 0 Å². The molecule has 0 aliphatic carbocycles. The summed E-state index contributed by atoms with van der Waals surface area (Å²) in [6.45, 7) is 1.07. The van der Waals surface area contributed by atoms with Crippen molar-refractivity contribution >= 4 is 39.4 Å². The molecule has 0 saturated carbocycles. The normalized spacial score (nSPS) is 16.2. The van der Waals surface area contributed by atoms with E-state index in [1.165, 1.54) is 6.42 Å². The minimum atomic E-state index is 0. The summed E-state index contributed by atoms with van der Waals surface area (Å²) >= 11 is 3.47. The van der Waals surface area contributed by atoms with E-state index < -0.39 is 0 Å². The Morgan fingerprint density at radius 1 is 0.929 bits per heavy atom. The van der Waals surface area contributed by atoms with Crippen LogP contribution in [0.1, 0.15) is 24.7 Å². The predicted molar refractivity (Wildman–Crippen MR) is 117 cm³/mol. The van der Waals surface area contributed by atoms with Gasteiger partial charge in [-0.15, -0.1) is 12.4 Å². The maximum Gasteiger partial charge on any atom is 0.123 e. The van der Waals surface area contributed by atoms with Gasteiger partial charge in [-0.3, -0.25) is 4.98 Å². The summed E-state index contributed by atoms with van der Waals surface area (Å²) in [6.07, 6.45) is 6.09. The molecular weight excluding hydrogens is 438 g/mol. The van der Waals surface area contributed by atoms with Gasteiger partial charge in [0.25, 0.3) is 0 Å². The molecule has 28 heavy (non-hydrogen) atoms. The predicted octanol–water partition coefficient (Wildman–Crippen LogP) is 5.30. The van der Waals surface area contributed by atoms with Gasteiger partial charge in [0.1, 0.15) is 5.82 Å². The van der Waals surface area contributed by atoms with Crippen molar-refractivity contribution in [1.29, 1.82) is 0 Å². The van der Waals surface area contributed by atoms with Crippen molar-refractivity contribution in [2.75, 3.05) is 6.54 Å². The van der Waals surface area contributed by atoms with Crippen LogP contribution in [0.15, 0.2) is 59.3 Å². The van der Waals surface area contributed by atoms with Crippen molar-refractivity contribution in [3.63, 3.8) is 0 Å². The Bertz CT molecular complexity index is 1100. The first-order valence-corrected chi connectivity index (χ1v) is 9.87. The average Bonchev–Trinajstić information content (AvgIpc) is 3.39. The fraction of sp³-hybridized carbons (Fsp3) is 0.190. The van der Waals surface area contributed by atoms with E-state index in [9.17, 15) is 0 Å². The molecule has 7 heteroatoms. The van der Waals surface area contributed by atoms with Gasteiger partial charge < -0.3 is 10.3 Å². The van der Waals surface area contributed by atoms with Gasteiger partial charge in [-0.1, -0.05) is 40.2 Å². The molecule has 1 saturated heterocycles. The highest BCUT2D eigenvalue weighted by molar-refractivity contribution is 9.10. The molecule has 5 rings (SSSR count).